The maximum atomic E-state index is 12.8. The van der Waals surface area contributed by atoms with Crippen molar-refractivity contribution in [1.82, 2.24) is 9.88 Å². The zero-order valence-corrected chi connectivity index (χ0v) is 18.8. The first-order chi connectivity index (χ1) is 14.8. The summed E-state index contributed by atoms with van der Waals surface area (Å²) in [6, 6.07) is 11.8. The Kier molecular flexibility index (Phi) is 5.72. The minimum absolute atomic E-state index is 0.0534. The molecule has 0 radical (unpaired) electrons. The van der Waals surface area contributed by atoms with Gasteiger partial charge < -0.3 is 14.5 Å². The number of hydrogen-bond donors (Lipinski definition) is 0. The van der Waals surface area contributed by atoms with Crippen LogP contribution in [-0.2, 0) is 17.8 Å². The Labute approximate surface area is 184 Å². The SMILES string of the molecule is CC(C)c1nc(N2CCN(C(=O)c3ccccc3)CC2)c(C#N)c2c1CC(C)(C)OC2. The Morgan fingerprint density at radius 2 is 1.81 bits per heavy atom. The van der Waals surface area contributed by atoms with Crippen LogP contribution in [0.1, 0.15) is 66.4 Å². The van der Waals surface area contributed by atoms with Crippen molar-refractivity contribution in [2.75, 3.05) is 31.1 Å². The van der Waals surface area contributed by atoms with Crippen LogP contribution in [0.4, 0.5) is 5.82 Å². The fourth-order valence-corrected chi connectivity index (χ4v) is 4.49. The third-order valence-corrected chi connectivity index (χ3v) is 6.18. The van der Waals surface area contributed by atoms with Gasteiger partial charge >= 0.3 is 0 Å². The minimum Gasteiger partial charge on any atom is -0.370 e. The molecule has 31 heavy (non-hydrogen) atoms. The second kappa shape index (κ2) is 8.32. The molecule has 0 N–H and O–H groups in total. The molecule has 6 heteroatoms. The molecule has 0 spiro atoms. The van der Waals surface area contributed by atoms with E-state index in [4.69, 9.17) is 9.72 Å². The summed E-state index contributed by atoms with van der Waals surface area (Å²) >= 11 is 0. The highest BCUT2D eigenvalue weighted by molar-refractivity contribution is 5.94. The lowest BCUT2D eigenvalue weighted by Crippen LogP contribution is -2.49. The number of pyridine rings is 1. The fourth-order valence-electron chi connectivity index (χ4n) is 4.49. The first-order valence-electron chi connectivity index (χ1n) is 11.0. The van der Waals surface area contributed by atoms with Crippen LogP contribution in [0.3, 0.4) is 0 Å². The van der Waals surface area contributed by atoms with Crippen LogP contribution in [-0.4, -0.2) is 47.6 Å². The predicted molar refractivity (Wildman–Crippen MR) is 120 cm³/mol. The molecule has 1 aromatic heterocycles. The Morgan fingerprint density at radius 3 is 2.42 bits per heavy atom. The number of nitrogens with zero attached hydrogens (tertiary/aromatic N) is 4. The monoisotopic (exact) mass is 418 g/mol. The second-order valence-corrected chi connectivity index (χ2v) is 9.29. The zero-order valence-electron chi connectivity index (χ0n) is 18.8. The first-order valence-corrected chi connectivity index (χ1v) is 11.0. The van der Waals surface area contributed by atoms with Gasteiger partial charge in [0.25, 0.3) is 5.91 Å². The molecular weight excluding hydrogens is 388 g/mol. The second-order valence-electron chi connectivity index (χ2n) is 9.29. The van der Waals surface area contributed by atoms with E-state index in [1.54, 1.807) is 0 Å². The average molecular weight is 419 g/mol. The van der Waals surface area contributed by atoms with Crippen LogP contribution < -0.4 is 4.90 Å². The third-order valence-electron chi connectivity index (χ3n) is 6.18. The number of ether oxygens (including phenoxy) is 1. The van der Waals surface area contributed by atoms with E-state index in [2.05, 4.69) is 38.7 Å². The summed E-state index contributed by atoms with van der Waals surface area (Å²) in [6.45, 7) is 11.4. The quantitative estimate of drug-likeness (QED) is 0.756. The lowest BCUT2D eigenvalue weighted by Gasteiger charge is -2.38. The summed E-state index contributed by atoms with van der Waals surface area (Å²) in [5.74, 6) is 1.05. The molecule has 0 saturated carbocycles. The van der Waals surface area contributed by atoms with Crippen molar-refractivity contribution in [2.24, 2.45) is 0 Å². The standard InChI is InChI=1S/C25H30N4O2/c1-17(2)22-19-14-25(3,4)31-16-21(19)20(15-26)23(27-22)28-10-12-29(13-11-28)24(30)18-8-6-5-7-9-18/h5-9,17H,10-14,16H2,1-4H3. The molecule has 162 valence electrons. The maximum absolute atomic E-state index is 12.8. The number of anilines is 1. The van der Waals surface area contributed by atoms with E-state index >= 15 is 0 Å². The number of rotatable bonds is 3. The molecule has 1 amide bonds. The van der Waals surface area contributed by atoms with Gasteiger partial charge in [-0.2, -0.15) is 5.26 Å². The first kappa shape index (κ1) is 21.3. The topological polar surface area (TPSA) is 69.5 Å². The highest BCUT2D eigenvalue weighted by Gasteiger charge is 2.34. The molecule has 0 aliphatic carbocycles. The van der Waals surface area contributed by atoms with E-state index in [1.807, 2.05) is 35.2 Å². The predicted octanol–water partition coefficient (Wildman–Crippen LogP) is 3.89. The normalized spacial score (nSPS) is 17.9. The van der Waals surface area contributed by atoms with E-state index in [0.717, 1.165) is 23.5 Å². The number of carbonyl (C=O) groups excluding carboxylic acids is 1. The number of amides is 1. The van der Waals surface area contributed by atoms with Gasteiger partial charge in [0.2, 0.25) is 0 Å². The molecule has 4 rings (SSSR count). The smallest absolute Gasteiger partial charge is 0.253 e. The average Bonchev–Trinajstić information content (AvgIpc) is 2.77. The Morgan fingerprint density at radius 1 is 1.13 bits per heavy atom. The van der Waals surface area contributed by atoms with Crippen molar-refractivity contribution in [1.29, 1.82) is 5.26 Å². The van der Waals surface area contributed by atoms with E-state index < -0.39 is 0 Å². The molecular formula is C25H30N4O2. The van der Waals surface area contributed by atoms with Crippen LogP contribution in [0.5, 0.6) is 0 Å². The summed E-state index contributed by atoms with van der Waals surface area (Å²) in [6.07, 6.45) is 0.761. The summed E-state index contributed by atoms with van der Waals surface area (Å²) in [4.78, 5) is 21.8. The number of carbonyl (C=O) groups is 1. The molecule has 1 aromatic carbocycles. The molecule has 2 aliphatic rings. The Hall–Kier alpha value is -2.91. The van der Waals surface area contributed by atoms with E-state index in [-0.39, 0.29) is 17.4 Å². The van der Waals surface area contributed by atoms with E-state index in [9.17, 15) is 10.1 Å². The summed E-state index contributed by atoms with van der Waals surface area (Å²) < 4.78 is 6.06. The van der Waals surface area contributed by atoms with Crippen LogP contribution in [0.2, 0.25) is 0 Å². The molecule has 1 saturated heterocycles. The molecule has 1 fully saturated rings. The van der Waals surface area contributed by atoms with Gasteiger partial charge in [-0.05, 0) is 37.5 Å². The van der Waals surface area contributed by atoms with Crippen molar-refractivity contribution >= 4 is 11.7 Å². The lowest BCUT2D eigenvalue weighted by molar-refractivity contribution is -0.0406. The van der Waals surface area contributed by atoms with E-state index in [1.165, 1.54) is 5.56 Å². The van der Waals surface area contributed by atoms with Gasteiger partial charge in [0.05, 0.1) is 12.2 Å². The molecule has 0 bridgehead atoms. The van der Waals surface area contributed by atoms with Gasteiger partial charge in [-0.25, -0.2) is 4.98 Å². The molecule has 2 aliphatic heterocycles. The molecule has 6 nitrogen and oxygen atoms in total. The minimum atomic E-state index is -0.254. The Balaban J connectivity index is 1.61. The Bertz CT molecular complexity index is 1020. The highest BCUT2D eigenvalue weighted by Crippen LogP contribution is 2.37. The maximum Gasteiger partial charge on any atom is 0.253 e. The highest BCUT2D eigenvalue weighted by atomic mass is 16.5. The number of benzene rings is 1. The molecule has 0 atom stereocenters. The summed E-state index contributed by atoms with van der Waals surface area (Å²) in [5.41, 5.74) is 4.29. The third kappa shape index (κ3) is 4.15. The largest absolute Gasteiger partial charge is 0.370 e. The number of hydrogen-bond acceptors (Lipinski definition) is 5. The van der Waals surface area contributed by atoms with Crippen molar-refractivity contribution < 1.29 is 9.53 Å². The van der Waals surface area contributed by atoms with Crippen molar-refractivity contribution in [3.8, 4) is 6.07 Å². The van der Waals surface area contributed by atoms with Crippen molar-refractivity contribution in [3.05, 3.63) is 58.3 Å². The van der Waals surface area contributed by atoms with Gasteiger partial charge in [0, 0.05) is 49.4 Å². The van der Waals surface area contributed by atoms with E-state index in [0.29, 0.717) is 43.9 Å². The van der Waals surface area contributed by atoms with Crippen LogP contribution in [0.15, 0.2) is 30.3 Å². The van der Waals surface area contributed by atoms with Gasteiger partial charge in [0.1, 0.15) is 17.5 Å². The van der Waals surface area contributed by atoms with Crippen LogP contribution >= 0.6 is 0 Å². The summed E-state index contributed by atoms with van der Waals surface area (Å²) in [5, 5.41) is 10.0. The number of fused-ring (bicyclic) bond motifs is 1. The fraction of sp³-hybridized carbons (Fsp3) is 0.480. The summed E-state index contributed by atoms with van der Waals surface area (Å²) in [7, 11) is 0. The van der Waals surface area contributed by atoms with Crippen molar-refractivity contribution in [2.45, 2.75) is 52.2 Å². The van der Waals surface area contributed by atoms with Gasteiger partial charge in [-0.3, -0.25) is 4.79 Å². The zero-order chi connectivity index (χ0) is 22.2. The van der Waals surface area contributed by atoms with Gasteiger partial charge in [0.15, 0.2) is 0 Å². The van der Waals surface area contributed by atoms with Crippen molar-refractivity contribution in [3.63, 3.8) is 0 Å². The number of aromatic nitrogens is 1. The van der Waals surface area contributed by atoms with Crippen LogP contribution in [0.25, 0.3) is 0 Å². The van der Waals surface area contributed by atoms with Gasteiger partial charge in [-0.15, -0.1) is 0 Å². The number of nitriles is 1. The molecule has 3 heterocycles. The van der Waals surface area contributed by atoms with Gasteiger partial charge in [-0.1, -0.05) is 32.0 Å². The molecule has 2 aromatic rings. The molecule has 0 unspecified atom stereocenters. The van der Waals surface area contributed by atoms with Crippen LogP contribution in [0, 0.1) is 11.3 Å². The lowest BCUT2D eigenvalue weighted by atomic mass is 9.86. The number of piperazine rings is 1.